The molecule has 0 aromatic carbocycles. The summed E-state index contributed by atoms with van der Waals surface area (Å²) in [5.41, 5.74) is 0. The Hall–Kier alpha value is -4.26. The molecular formula is C36H48Ag6Cl6N24O24. The zero-order valence-electron chi connectivity index (χ0n) is 46.0. The number of halogens is 6. The fourth-order valence-corrected chi connectivity index (χ4v) is 2.58. The van der Waals surface area contributed by atoms with E-state index in [0.717, 1.165) is 0 Å². The van der Waals surface area contributed by atoms with E-state index in [1.165, 1.54) is 0 Å². The molecule has 0 bridgehead atoms. The van der Waals surface area contributed by atoms with Crippen LogP contribution >= 0.6 is 0 Å². The normalized spacial score (nSPS) is 8.75. The van der Waals surface area contributed by atoms with Crippen LogP contribution in [0.3, 0.4) is 0 Å². The molecule has 0 aliphatic carbocycles. The van der Waals surface area contributed by atoms with Crippen LogP contribution in [0.5, 0.6) is 0 Å². The molecule has 0 saturated carbocycles. The van der Waals surface area contributed by atoms with Gasteiger partial charge in [0, 0.05) is 149 Å². The first-order valence-electron chi connectivity index (χ1n) is 20.8. The molecule has 0 saturated heterocycles. The first-order chi connectivity index (χ1) is 42.0. The first-order valence-corrected chi connectivity index (χ1v) is 28.2. The van der Waals surface area contributed by atoms with E-state index in [4.69, 9.17) is 112 Å². The Morgan fingerprint density at radius 2 is 0.188 bits per heavy atom. The Labute approximate surface area is 645 Å². The molecule has 0 aliphatic heterocycles. The van der Waals surface area contributed by atoms with E-state index in [1.54, 1.807) is 225 Å². The first kappa shape index (κ1) is 119. The summed E-state index contributed by atoms with van der Waals surface area (Å²) in [6, 6.07) is 0. The Morgan fingerprint density at radius 3 is 0.198 bits per heavy atom. The maximum Gasteiger partial charge on any atom is 1.00 e. The predicted molar refractivity (Wildman–Crippen MR) is 223 cm³/mol. The second-order valence-corrected chi connectivity index (χ2v) is 15.9. The number of H-pyrrole nitrogens is 12. The van der Waals surface area contributed by atoms with Crippen molar-refractivity contribution < 1.29 is 308 Å². The Balaban J connectivity index is -0.0000000775. The van der Waals surface area contributed by atoms with Gasteiger partial charge in [-0.15, -0.1) is 61.5 Å². The number of hydrogen-bond donors (Lipinski definition) is 12. The second kappa shape index (κ2) is 86.8. The van der Waals surface area contributed by atoms with E-state index in [1.807, 2.05) is 0 Å². The Morgan fingerprint density at radius 1 is 0.135 bits per heavy atom. The standard InChI is InChI=1S/12C3H4N2.6Ag.6ClHO4/c12*1-2-5-3-4-1;;;;;;;6*2-1(3,4)5/h12*1-3H,(H,4,5);;;;;;;6*(H,2,3,4,5)/q;;;;;;;;;;;;6*+1;;;;;;/p-6. The van der Waals surface area contributed by atoms with Crippen LogP contribution in [0.25, 0.3) is 0 Å². The van der Waals surface area contributed by atoms with Gasteiger partial charge in [0.05, 0.1) is 75.9 Å². The van der Waals surface area contributed by atoms with E-state index in [2.05, 4.69) is 120 Å². The Kier molecular flexibility index (Phi) is 107. The van der Waals surface area contributed by atoms with Gasteiger partial charge in [0.25, 0.3) is 0 Å². The van der Waals surface area contributed by atoms with Gasteiger partial charge in [-0.3, -0.25) is 0 Å². The molecule has 12 rings (SSSR count). The largest absolute Gasteiger partial charge is 1.00 e. The van der Waals surface area contributed by atoms with Crippen molar-refractivity contribution in [3.63, 3.8) is 0 Å². The smallest absolute Gasteiger partial charge is 0.351 e. The number of nitrogens with one attached hydrogen (secondary N) is 12. The average Bonchev–Trinajstić information content (AvgIpc) is 4.35. The molecule has 0 aliphatic rings. The van der Waals surface area contributed by atoms with Gasteiger partial charge in [0.2, 0.25) is 0 Å². The van der Waals surface area contributed by atoms with Crippen LogP contribution in [0.2, 0.25) is 0 Å². The Bertz CT molecular complexity index is 1890. The van der Waals surface area contributed by atoms with E-state index in [0.29, 0.717) is 0 Å². The molecule has 0 spiro atoms. The van der Waals surface area contributed by atoms with Crippen molar-refractivity contribution in [2.24, 2.45) is 0 Å². The summed E-state index contributed by atoms with van der Waals surface area (Å²) >= 11 is 0. The van der Waals surface area contributed by atoms with Crippen LogP contribution in [0.15, 0.2) is 225 Å². The van der Waals surface area contributed by atoms with Gasteiger partial charge >= 0.3 is 134 Å². The molecule has 12 N–H and O–H groups in total. The average molecular weight is 2060 g/mol. The van der Waals surface area contributed by atoms with Gasteiger partial charge in [-0.1, -0.05) is 0 Å². The molecule has 0 radical (unpaired) electrons. The summed E-state index contributed by atoms with van der Waals surface area (Å²) in [6.45, 7) is 0. The molecule has 12 heterocycles. The minimum atomic E-state index is -4.94. The molecule has 96 heavy (non-hydrogen) atoms. The van der Waals surface area contributed by atoms with Crippen LogP contribution < -0.4 is 112 Å². The van der Waals surface area contributed by atoms with Crippen LogP contribution in [0.4, 0.5) is 0 Å². The van der Waals surface area contributed by atoms with Gasteiger partial charge in [-0.2, -0.15) is 0 Å². The van der Waals surface area contributed by atoms with Crippen LogP contribution in [0, 0.1) is 61.5 Å². The van der Waals surface area contributed by atoms with Crippen LogP contribution in [-0.4, -0.2) is 120 Å². The number of hydrogen-bond acceptors (Lipinski definition) is 36. The van der Waals surface area contributed by atoms with Crippen molar-refractivity contribution in [2.45, 2.75) is 0 Å². The summed E-state index contributed by atoms with van der Waals surface area (Å²) in [5, 5.41) is 0. The molecule has 564 valence electrons. The third-order valence-electron chi connectivity index (χ3n) is 4.87. The van der Waals surface area contributed by atoms with Gasteiger partial charge in [-0.25, -0.2) is 172 Å². The molecule has 48 nitrogen and oxygen atoms in total. The quantitative estimate of drug-likeness (QED) is 0.0627. The minimum Gasteiger partial charge on any atom is -0.351 e. The number of aromatic amines is 12. The van der Waals surface area contributed by atoms with Crippen molar-refractivity contribution in [1.29, 1.82) is 0 Å². The van der Waals surface area contributed by atoms with Gasteiger partial charge < -0.3 is 59.8 Å². The van der Waals surface area contributed by atoms with E-state index < -0.39 is 61.5 Å². The summed E-state index contributed by atoms with van der Waals surface area (Å²) in [5.74, 6) is 0. The van der Waals surface area contributed by atoms with Crippen molar-refractivity contribution in [1.82, 2.24) is 120 Å². The van der Waals surface area contributed by atoms with Crippen molar-refractivity contribution in [2.75, 3.05) is 0 Å². The maximum atomic E-state index is 8.49. The van der Waals surface area contributed by atoms with E-state index in [-0.39, 0.29) is 134 Å². The minimum absolute atomic E-state index is 0. The third-order valence-corrected chi connectivity index (χ3v) is 4.87. The van der Waals surface area contributed by atoms with Gasteiger partial charge in [0.1, 0.15) is 0 Å². The zero-order chi connectivity index (χ0) is 69.4. The van der Waals surface area contributed by atoms with Crippen LogP contribution in [0.1, 0.15) is 0 Å². The number of nitrogens with zero attached hydrogens (tertiary/aromatic N) is 12. The summed E-state index contributed by atoms with van der Waals surface area (Å²) in [7, 11) is -29.7. The zero-order valence-corrected chi connectivity index (χ0v) is 59.5. The van der Waals surface area contributed by atoms with Gasteiger partial charge in [0.15, 0.2) is 0 Å². The molecule has 60 heteroatoms. The summed E-state index contributed by atoms with van der Waals surface area (Å²) in [4.78, 5) is 77.0. The monoisotopic (exact) mass is 2050 g/mol. The number of imidazole rings is 12. The van der Waals surface area contributed by atoms with Crippen molar-refractivity contribution >= 4 is 0 Å². The second-order valence-electron chi connectivity index (χ2n) is 11.4. The van der Waals surface area contributed by atoms with Crippen molar-refractivity contribution in [3.8, 4) is 0 Å². The molecular weight excluding hydrogens is 2010 g/mol. The predicted octanol–water partition coefficient (Wildman–Crippen LogP) is -23.6. The van der Waals surface area contributed by atoms with Crippen LogP contribution in [-0.2, 0) is 134 Å². The fourth-order valence-electron chi connectivity index (χ4n) is 2.58. The van der Waals surface area contributed by atoms with E-state index in [9.17, 15) is 0 Å². The SMILES string of the molecule is [Ag+].[Ag+].[Ag+].[Ag+].[Ag+].[Ag+].[O-][Cl+3]([O-])([O-])[O-].[O-][Cl+3]([O-])([O-])[O-].[O-][Cl+3]([O-])([O-])[O-].[O-][Cl+3]([O-])([O-])[O-].[O-][Cl+3]([O-])([O-])[O-].[O-][Cl+3]([O-])([O-])[O-].c1c[nH]cn1.c1c[nH]cn1.c1c[nH]cn1.c1c[nH]cn1.c1c[nH]cn1.c1c[nH]cn1.c1c[nH]cn1.c1c[nH]cn1.c1c[nH]cn1.c1c[nH]cn1.c1c[nH]cn1.c1c[nH]cn1. The summed E-state index contributed by atoms with van der Waals surface area (Å²) in [6.07, 6.45) is 61.0. The maximum absolute atomic E-state index is 8.49. The molecule has 12 aromatic heterocycles. The number of rotatable bonds is 0. The van der Waals surface area contributed by atoms with Crippen molar-refractivity contribution in [3.05, 3.63) is 225 Å². The topological polar surface area (TPSA) is 898 Å². The molecule has 0 unspecified atom stereocenters. The van der Waals surface area contributed by atoms with E-state index >= 15 is 0 Å². The third kappa shape index (κ3) is 227. The molecule has 12 aromatic rings. The molecule has 0 fully saturated rings. The number of aromatic nitrogens is 24. The van der Waals surface area contributed by atoms with Gasteiger partial charge in [-0.05, 0) is 0 Å². The molecule has 0 amide bonds. The molecule has 0 atom stereocenters. The fraction of sp³-hybridized carbons (Fsp3) is 0. The summed E-state index contributed by atoms with van der Waals surface area (Å²) < 4.78 is 204.